The molecule has 5 aliphatic carbocycles. The van der Waals surface area contributed by atoms with Crippen molar-refractivity contribution in [3.05, 3.63) is 11.6 Å². The van der Waals surface area contributed by atoms with Gasteiger partial charge in [0.1, 0.15) is 42.7 Å². The zero-order valence-corrected chi connectivity index (χ0v) is 35.0. The van der Waals surface area contributed by atoms with Gasteiger partial charge < -0.3 is 80.2 Å². The van der Waals surface area contributed by atoms with Crippen LogP contribution in [0.25, 0.3) is 0 Å². The van der Waals surface area contributed by atoms with Gasteiger partial charge in [0.05, 0.1) is 49.1 Å². The van der Waals surface area contributed by atoms with Crippen molar-refractivity contribution >= 4 is 5.97 Å². The first-order chi connectivity index (χ1) is 27.3. The quantitative estimate of drug-likeness (QED) is 0.105. The molecule has 4 saturated carbocycles. The largest absolute Gasteiger partial charge is 0.479 e. The molecule has 17 heteroatoms. The number of carbonyl (C=O) groups is 1. The molecule has 6 fully saturated rings. The van der Waals surface area contributed by atoms with E-state index in [1.807, 2.05) is 20.8 Å². The number of ether oxygens (including phenoxy) is 4. The minimum Gasteiger partial charge on any atom is -0.479 e. The molecule has 0 amide bonds. The molecular weight excluding hydrogens is 776 g/mol. The van der Waals surface area contributed by atoms with Gasteiger partial charge in [0.2, 0.25) is 0 Å². The summed E-state index contributed by atoms with van der Waals surface area (Å²) in [6, 6.07) is 0. The number of aliphatic carboxylic acids is 1. The van der Waals surface area contributed by atoms with E-state index in [1.165, 1.54) is 0 Å². The Balaban J connectivity index is 1.19. The number of rotatable bonds is 7. The minimum absolute atomic E-state index is 0.0140. The van der Waals surface area contributed by atoms with Gasteiger partial charge >= 0.3 is 5.97 Å². The van der Waals surface area contributed by atoms with Crippen molar-refractivity contribution in [3.8, 4) is 0 Å². The van der Waals surface area contributed by atoms with Crippen LogP contribution in [0.1, 0.15) is 87.0 Å². The van der Waals surface area contributed by atoms with Crippen LogP contribution >= 0.6 is 0 Å². The molecule has 7 rings (SSSR count). The van der Waals surface area contributed by atoms with Crippen LogP contribution in [0.2, 0.25) is 0 Å². The zero-order valence-electron chi connectivity index (χ0n) is 35.0. The molecule has 0 spiro atoms. The van der Waals surface area contributed by atoms with E-state index in [1.54, 1.807) is 0 Å². The number of aliphatic hydroxyl groups is 11. The summed E-state index contributed by atoms with van der Waals surface area (Å²) in [7, 11) is 0. The lowest BCUT2D eigenvalue weighted by molar-refractivity contribution is -0.374. The fraction of sp³-hybridized carbons (Fsp3) is 0.929. The molecule has 2 heterocycles. The average molecular weight is 845 g/mol. The fourth-order valence-corrected chi connectivity index (χ4v) is 14.0. The Hall–Kier alpha value is -1.39. The van der Waals surface area contributed by atoms with E-state index in [2.05, 4.69) is 33.8 Å². The molecule has 0 aromatic carbocycles. The maximum absolute atomic E-state index is 12.3. The SMILES string of the molecule is CC1(C)C(O[C@@H]2O[C@H](C(=O)O)[C@@H](O)[C@H](O)[C@H]2O[C@@H]2O[C@H](CO)[C@@H](O)[C@H](O)[C@H]2O)CC[C@@]2(C)C1CC[C@]1(C)C2CC=C2[C@H]3CC(C)(C)[C@H](O)[C@@H](O)[C@]3(CO)[C@@H](O)[C@@H](O)[C@]21C. The second-order valence-electron chi connectivity index (χ2n) is 21.0. The minimum atomic E-state index is -1.99. The van der Waals surface area contributed by atoms with E-state index >= 15 is 0 Å². The van der Waals surface area contributed by atoms with Crippen LogP contribution in [0.3, 0.4) is 0 Å². The number of hydrogen-bond acceptors (Lipinski definition) is 16. The molecule has 338 valence electrons. The number of aliphatic hydroxyl groups excluding tert-OH is 11. The molecule has 2 saturated heterocycles. The summed E-state index contributed by atoms with van der Waals surface area (Å²) < 4.78 is 23.8. The monoisotopic (exact) mass is 844 g/mol. The molecule has 3 unspecified atom stereocenters. The van der Waals surface area contributed by atoms with E-state index in [0.29, 0.717) is 38.5 Å². The summed E-state index contributed by atoms with van der Waals surface area (Å²) in [5, 5.41) is 131. The third-order valence-corrected chi connectivity index (χ3v) is 17.7. The van der Waals surface area contributed by atoms with Crippen molar-refractivity contribution < 1.29 is 85.0 Å². The first-order valence-corrected chi connectivity index (χ1v) is 21.2. The molecule has 12 N–H and O–H groups in total. The highest BCUT2D eigenvalue weighted by Crippen LogP contribution is 2.76. The topological polar surface area (TPSA) is 297 Å². The highest BCUT2D eigenvalue weighted by atomic mass is 16.8. The summed E-state index contributed by atoms with van der Waals surface area (Å²) >= 11 is 0. The van der Waals surface area contributed by atoms with E-state index in [0.717, 1.165) is 5.57 Å². The van der Waals surface area contributed by atoms with Crippen molar-refractivity contribution in [1.29, 1.82) is 0 Å². The number of carboxylic acids is 1. The molecule has 0 bridgehead atoms. The van der Waals surface area contributed by atoms with Crippen molar-refractivity contribution in [2.45, 2.75) is 179 Å². The number of fused-ring (bicyclic) bond motifs is 7. The van der Waals surface area contributed by atoms with Crippen LogP contribution in [0, 0.1) is 50.2 Å². The highest BCUT2D eigenvalue weighted by molar-refractivity contribution is 5.73. The lowest BCUT2D eigenvalue weighted by Gasteiger charge is -2.73. The number of hydrogen-bond donors (Lipinski definition) is 12. The zero-order chi connectivity index (χ0) is 43.7. The van der Waals surface area contributed by atoms with Crippen LogP contribution in [0.4, 0.5) is 0 Å². The Morgan fingerprint density at radius 2 is 1.37 bits per heavy atom. The molecule has 7 aliphatic rings. The molecule has 0 aromatic heterocycles. The van der Waals surface area contributed by atoms with Gasteiger partial charge in [-0.2, -0.15) is 0 Å². The normalized spacial score (nSPS) is 55.5. The van der Waals surface area contributed by atoms with Gasteiger partial charge in [-0.3, -0.25) is 0 Å². The second kappa shape index (κ2) is 15.1. The van der Waals surface area contributed by atoms with E-state index < -0.39 is 144 Å². The fourth-order valence-electron chi connectivity index (χ4n) is 14.0. The molecular formula is C42H68O17. The summed E-state index contributed by atoms with van der Waals surface area (Å²) in [4.78, 5) is 12.2. The Morgan fingerprint density at radius 1 is 0.729 bits per heavy atom. The predicted molar refractivity (Wildman–Crippen MR) is 204 cm³/mol. The van der Waals surface area contributed by atoms with Crippen molar-refractivity contribution in [2.24, 2.45) is 50.2 Å². The molecule has 0 radical (unpaired) electrons. The number of allylic oxidation sites excluding steroid dienone is 1. The molecule has 0 aromatic rings. The molecule has 2 aliphatic heterocycles. The predicted octanol–water partition coefficient (Wildman–Crippen LogP) is -1.23. The van der Waals surface area contributed by atoms with Crippen molar-refractivity contribution in [1.82, 2.24) is 0 Å². The molecule has 59 heavy (non-hydrogen) atoms. The van der Waals surface area contributed by atoms with Crippen LogP contribution in [-0.4, -0.2) is 172 Å². The lowest BCUT2D eigenvalue weighted by atomic mass is 9.32. The second-order valence-corrected chi connectivity index (χ2v) is 21.0. The first kappa shape index (κ1) is 45.6. The first-order valence-electron chi connectivity index (χ1n) is 21.2. The van der Waals surface area contributed by atoms with Gasteiger partial charge in [-0.15, -0.1) is 0 Å². The molecule has 17 nitrogen and oxygen atoms in total. The van der Waals surface area contributed by atoms with Crippen LogP contribution in [-0.2, 0) is 23.7 Å². The highest BCUT2D eigenvalue weighted by Gasteiger charge is 2.75. The van der Waals surface area contributed by atoms with Crippen LogP contribution in [0.5, 0.6) is 0 Å². The summed E-state index contributed by atoms with van der Waals surface area (Å²) in [5.41, 5.74) is -3.93. The van der Waals surface area contributed by atoms with Gasteiger partial charge in [-0.25, -0.2) is 4.79 Å². The smallest absolute Gasteiger partial charge is 0.335 e. The molecule has 22 atom stereocenters. The maximum atomic E-state index is 12.3. The average Bonchev–Trinajstić information content (AvgIpc) is 3.17. The third-order valence-electron chi connectivity index (χ3n) is 17.7. The Morgan fingerprint density at radius 3 is 1.98 bits per heavy atom. The third kappa shape index (κ3) is 6.23. The Kier molecular flexibility index (Phi) is 11.7. The van der Waals surface area contributed by atoms with Gasteiger partial charge in [0, 0.05) is 5.41 Å². The summed E-state index contributed by atoms with van der Waals surface area (Å²) in [6.45, 7) is 12.9. The van der Waals surface area contributed by atoms with Gasteiger partial charge in [-0.05, 0) is 77.9 Å². The standard InChI is InChI=1S/C42H68O17/c1-37(2)14-18-17-8-9-21-39(5)12-11-22(38(3,4)20(39)10-13-40(21,6)41(17,7)31(51)33(53)42(18,16-44)32(52)30(37)50)57-36-29(26(48)25(47)28(58-36)34(54)55)59-35-27(49)24(46)23(45)19(15-43)56-35/h8,18-33,35-36,43-53H,9-16H2,1-7H3,(H,54,55)/t18-,19-,20?,21?,22?,23-,24+,25+,26+,27-,28+,29-,30-,31-,32-,33+,35+,36-,39+,40-,41+,42-/m1/s1. The van der Waals surface area contributed by atoms with Crippen molar-refractivity contribution in [2.75, 3.05) is 13.2 Å². The van der Waals surface area contributed by atoms with Crippen LogP contribution in [0.15, 0.2) is 11.6 Å². The van der Waals surface area contributed by atoms with E-state index in [4.69, 9.17) is 18.9 Å². The van der Waals surface area contributed by atoms with Crippen molar-refractivity contribution in [3.63, 3.8) is 0 Å². The van der Waals surface area contributed by atoms with Gasteiger partial charge in [-0.1, -0.05) is 60.1 Å². The summed E-state index contributed by atoms with van der Waals surface area (Å²) in [6.07, 6.45) is -18.3. The maximum Gasteiger partial charge on any atom is 0.335 e. The van der Waals surface area contributed by atoms with Gasteiger partial charge in [0.15, 0.2) is 18.7 Å². The number of carboxylic acid groups (broad SMARTS) is 1. The Labute approximate surface area is 344 Å². The van der Waals surface area contributed by atoms with E-state index in [9.17, 15) is 66.1 Å². The Bertz CT molecular complexity index is 1620. The van der Waals surface area contributed by atoms with E-state index in [-0.39, 0.29) is 17.3 Å². The lowest BCUT2D eigenvalue weighted by Crippen LogP contribution is -2.76. The summed E-state index contributed by atoms with van der Waals surface area (Å²) in [5.74, 6) is -2.10. The van der Waals surface area contributed by atoms with Gasteiger partial charge in [0.25, 0.3) is 0 Å². The van der Waals surface area contributed by atoms with Crippen LogP contribution < -0.4 is 0 Å².